The minimum Gasteiger partial charge on any atom is -0.485 e. The summed E-state index contributed by atoms with van der Waals surface area (Å²) in [6, 6.07) is 6.76. The fourth-order valence-corrected chi connectivity index (χ4v) is 1.83. The molecule has 104 valence electrons. The first-order chi connectivity index (χ1) is 9.47. The van der Waals surface area contributed by atoms with E-state index in [9.17, 15) is 18.0 Å². The molecular formula is C14H8BrF3O2. The first-order valence-corrected chi connectivity index (χ1v) is 6.33. The van der Waals surface area contributed by atoms with Gasteiger partial charge in [0.2, 0.25) is 0 Å². The number of hydrogen-bond acceptors (Lipinski definition) is 2. The predicted octanol–water partition coefficient (Wildman–Crippen LogP) is 4.13. The summed E-state index contributed by atoms with van der Waals surface area (Å²) >= 11 is 2.98. The minimum atomic E-state index is -1.10. The summed E-state index contributed by atoms with van der Waals surface area (Å²) < 4.78 is 44.1. The van der Waals surface area contributed by atoms with Gasteiger partial charge >= 0.3 is 0 Å². The lowest BCUT2D eigenvalue weighted by atomic mass is 10.1. The van der Waals surface area contributed by atoms with Crippen LogP contribution in [0.5, 0.6) is 5.75 Å². The molecule has 0 atom stereocenters. The molecule has 0 heterocycles. The van der Waals surface area contributed by atoms with E-state index < -0.39 is 23.2 Å². The highest BCUT2D eigenvalue weighted by Crippen LogP contribution is 2.21. The maximum absolute atomic E-state index is 13.0. The van der Waals surface area contributed by atoms with Crippen molar-refractivity contribution in [1.29, 1.82) is 0 Å². The SMILES string of the molecule is O=C(COc1ccc(F)c(Br)c1)c1ccc(F)c(F)c1. The van der Waals surface area contributed by atoms with E-state index in [2.05, 4.69) is 15.9 Å². The molecule has 0 spiro atoms. The molecule has 6 heteroatoms. The molecule has 2 aromatic carbocycles. The zero-order valence-electron chi connectivity index (χ0n) is 10.00. The van der Waals surface area contributed by atoms with Crippen molar-refractivity contribution in [1.82, 2.24) is 0 Å². The lowest BCUT2D eigenvalue weighted by Crippen LogP contribution is -2.12. The average molecular weight is 345 g/mol. The molecule has 0 saturated heterocycles. The van der Waals surface area contributed by atoms with Crippen LogP contribution >= 0.6 is 15.9 Å². The maximum atomic E-state index is 13.0. The molecule has 0 N–H and O–H groups in total. The van der Waals surface area contributed by atoms with Gasteiger partial charge in [0.25, 0.3) is 0 Å². The summed E-state index contributed by atoms with van der Waals surface area (Å²) in [6.07, 6.45) is 0. The van der Waals surface area contributed by atoms with Gasteiger partial charge in [-0.25, -0.2) is 13.2 Å². The summed E-state index contributed by atoms with van der Waals surface area (Å²) in [7, 11) is 0. The Morgan fingerprint density at radius 3 is 2.35 bits per heavy atom. The Bertz CT molecular complexity index is 659. The standard InChI is InChI=1S/C14H8BrF3O2/c15-10-6-9(2-4-11(10)16)20-7-14(19)8-1-3-12(17)13(18)5-8/h1-6H,7H2. The highest BCUT2D eigenvalue weighted by atomic mass is 79.9. The van der Waals surface area contributed by atoms with Crippen LogP contribution in [0.3, 0.4) is 0 Å². The van der Waals surface area contributed by atoms with Gasteiger partial charge < -0.3 is 4.74 Å². The number of ether oxygens (including phenoxy) is 1. The Kier molecular flexibility index (Phi) is 4.44. The first-order valence-electron chi connectivity index (χ1n) is 5.53. The molecule has 0 aliphatic heterocycles. The third-order valence-electron chi connectivity index (χ3n) is 2.50. The van der Waals surface area contributed by atoms with Crippen LogP contribution in [0.1, 0.15) is 10.4 Å². The smallest absolute Gasteiger partial charge is 0.200 e. The van der Waals surface area contributed by atoms with Gasteiger partial charge in [-0.1, -0.05) is 0 Å². The zero-order valence-corrected chi connectivity index (χ0v) is 11.6. The number of benzene rings is 2. The van der Waals surface area contributed by atoms with Crippen molar-refractivity contribution in [2.24, 2.45) is 0 Å². The van der Waals surface area contributed by atoms with Crippen molar-refractivity contribution < 1.29 is 22.7 Å². The number of Topliss-reactive ketones (excluding diaryl/α,β-unsaturated/α-hetero) is 1. The third kappa shape index (κ3) is 3.39. The quantitative estimate of drug-likeness (QED) is 0.779. The summed E-state index contributed by atoms with van der Waals surface area (Å²) in [5.41, 5.74) is 0.00470. The van der Waals surface area contributed by atoms with Crippen LogP contribution in [-0.4, -0.2) is 12.4 Å². The van der Waals surface area contributed by atoms with Crippen LogP contribution in [0.4, 0.5) is 13.2 Å². The van der Waals surface area contributed by atoms with Gasteiger partial charge in [-0.3, -0.25) is 4.79 Å². The molecule has 20 heavy (non-hydrogen) atoms. The zero-order chi connectivity index (χ0) is 14.7. The van der Waals surface area contributed by atoms with Crippen molar-refractivity contribution in [3.05, 3.63) is 63.9 Å². The van der Waals surface area contributed by atoms with E-state index in [1.165, 1.54) is 24.3 Å². The molecule has 0 bridgehead atoms. The topological polar surface area (TPSA) is 26.3 Å². The van der Waals surface area contributed by atoms with E-state index in [0.29, 0.717) is 0 Å². The van der Waals surface area contributed by atoms with Crippen LogP contribution in [0.2, 0.25) is 0 Å². The van der Waals surface area contributed by atoms with E-state index in [1.807, 2.05) is 0 Å². The third-order valence-corrected chi connectivity index (χ3v) is 3.11. The van der Waals surface area contributed by atoms with Gasteiger partial charge in [0.05, 0.1) is 4.47 Å². The summed E-state index contributed by atoms with van der Waals surface area (Å²) in [5, 5.41) is 0. The molecule has 2 nitrogen and oxygen atoms in total. The minimum absolute atomic E-state index is 0.00470. The average Bonchev–Trinajstić information content (AvgIpc) is 2.43. The molecule has 0 amide bonds. The predicted molar refractivity (Wildman–Crippen MR) is 70.3 cm³/mol. The van der Waals surface area contributed by atoms with Crippen molar-refractivity contribution in [3.63, 3.8) is 0 Å². The van der Waals surface area contributed by atoms with Crippen molar-refractivity contribution >= 4 is 21.7 Å². The highest BCUT2D eigenvalue weighted by Gasteiger charge is 2.11. The molecule has 0 aromatic heterocycles. The second-order valence-electron chi connectivity index (χ2n) is 3.92. The van der Waals surface area contributed by atoms with E-state index in [4.69, 9.17) is 4.74 Å². The normalized spacial score (nSPS) is 10.4. The van der Waals surface area contributed by atoms with E-state index in [1.54, 1.807) is 0 Å². The monoisotopic (exact) mass is 344 g/mol. The number of hydrogen-bond donors (Lipinski definition) is 0. The summed E-state index contributed by atoms with van der Waals surface area (Å²) in [6.45, 7) is -0.358. The van der Waals surface area contributed by atoms with E-state index in [-0.39, 0.29) is 22.4 Å². The van der Waals surface area contributed by atoms with Gasteiger partial charge in [0, 0.05) is 5.56 Å². The van der Waals surface area contributed by atoms with Crippen LogP contribution < -0.4 is 4.74 Å². The number of ketones is 1. The lowest BCUT2D eigenvalue weighted by Gasteiger charge is -2.06. The second-order valence-corrected chi connectivity index (χ2v) is 4.77. The van der Waals surface area contributed by atoms with Crippen molar-refractivity contribution in [2.75, 3.05) is 6.61 Å². The van der Waals surface area contributed by atoms with Gasteiger partial charge in [-0.15, -0.1) is 0 Å². The van der Waals surface area contributed by atoms with Crippen molar-refractivity contribution in [3.8, 4) is 5.75 Å². The van der Waals surface area contributed by atoms with Gasteiger partial charge in [-0.05, 0) is 52.3 Å². The van der Waals surface area contributed by atoms with E-state index >= 15 is 0 Å². The Hall–Kier alpha value is -1.82. The van der Waals surface area contributed by atoms with Crippen LogP contribution in [0, 0.1) is 17.5 Å². The van der Waals surface area contributed by atoms with Gasteiger partial charge in [0.15, 0.2) is 24.0 Å². The number of carbonyl (C=O) groups excluding carboxylic acids is 1. The fourth-order valence-electron chi connectivity index (χ4n) is 1.47. The second kappa shape index (κ2) is 6.09. The Balaban J connectivity index is 2.04. The Morgan fingerprint density at radius 1 is 1.00 bits per heavy atom. The van der Waals surface area contributed by atoms with E-state index in [0.717, 1.165) is 12.1 Å². The Morgan fingerprint density at radius 2 is 1.70 bits per heavy atom. The first kappa shape index (κ1) is 14.6. The lowest BCUT2D eigenvalue weighted by molar-refractivity contribution is 0.0921. The highest BCUT2D eigenvalue weighted by molar-refractivity contribution is 9.10. The molecule has 0 aliphatic carbocycles. The summed E-state index contributed by atoms with van der Waals surface area (Å²) in [5.74, 6) is -2.80. The van der Waals surface area contributed by atoms with Gasteiger partial charge in [0.1, 0.15) is 11.6 Å². The number of carbonyl (C=O) groups is 1. The summed E-state index contributed by atoms with van der Waals surface area (Å²) in [4.78, 5) is 11.7. The molecule has 0 aliphatic rings. The molecule has 2 rings (SSSR count). The molecule has 0 radical (unpaired) electrons. The largest absolute Gasteiger partial charge is 0.485 e. The molecular weight excluding hydrogens is 337 g/mol. The number of halogens is 4. The molecule has 0 saturated carbocycles. The van der Waals surface area contributed by atoms with Crippen LogP contribution in [0.15, 0.2) is 40.9 Å². The van der Waals surface area contributed by atoms with Gasteiger partial charge in [-0.2, -0.15) is 0 Å². The molecule has 0 unspecified atom stereocenters. The molecule has 2 aromatic rings. The molecule has 0 fully saturated rings. The van der Waals surface area contributed by atoms with Crippen LogP contribution in [-0.2, 0) is 0 Å². The van der Waals surface area contributed by atoms with Crippen molar-refractivity contribution in [2.45, 2.75) is 0 Å². The fraction of sp³-hybridized carbons (Fsp3) is 0.0714. The van der Waals surface area contributed by atoms with Crippen LogP contribution in [0.25, 0.3) is 0 Å². The maximum Gasteiger partial charge on any atom is 0.200 e. The Labute approximate surface area is 121 Å². The number of rotatable bonds is 4.